The predicted octanol–water partition coefficient (Wildman–Crippen LogP) is 3.16. The second-order valence-electron chi connectivity index (χ2n) is 4.90. The molecular weight excluding hydrogens is 208 g/mol. The summed E-state index contributed by atoms with van der Waals surface area (Å²) in [4.78, 5) is 11.0. The number of carboxylic acid groups (broad SMARTS) is 1. The minimum Gasteiger partial charge on any atom is -0.481 e. The summed E-state index contributed by atoms with van der Waals surface area (Å²) in [5.41, 5.74) is 0. The first-order chi connectivity index (χ1) is 7.27. The normalized spacial score (nSPS) is 32.3. The van der Waals surface area contributed by atoms with E-state index in [4.69, 9.17) is 5.11 Å². The van der Waals surface area contributed by atoms with Gasteiger partial charge in [-0.1, -0.05) is 19.3 Å². The standard InChI is InChI=1S/C12H20O2S/c13-12(14)10-6-3-7-11(10)15-8-9-4-1-2-5-9/h9-11H,1-8H2,(H,13,14). The van der Waals surface area contributed by atoms with Crippen LogP contribution in [0.1, 0.15) is 44.9 Å². The van der Waals surface area contributed by atoms with Crippen molar-refractivity contribution in [3.8, 4) is 0 Å². The zero-order chi connectivity index (χ0) is 10.7. The molecule has 2 unspecified atom stereocenters. The molecule has 2 rings (SSSR count). The summed E-state index contributed by atoms with van der Waals surface area (Å²) in [5.74, 6) is 1.45. The van der Waals surface area contributed by atoms with Crippen LogP contribution in [0.4, 0.5) is 0 Å². The summed E-state index contributed by atoms with van der Waals surface area (Å²) in [7, 11) is 0. The Labute approximate surface area is 95.8 Å². The molecule has 0 aromatic rings. The highest BCUT2D eigenvalue weighted by atomic mass is 32.2. The first-order valence-corrected chi connectivity index (χ1v) is 7.16. The Morgan fingerprint density at radius 2 is 1.87 bits per heavy atom. The SMILES string of the molecule is O=C(O)C1CCCC1SCC1CCCC1. The summed E-state index contributed by atoms with van der Waals surface area (Å²) in [6.45, 7) is 0. The second-order valence-corrected chi connectivity index (χ2v) is 6.17. The van der Waals surface area contributed by atoms with Gasteiger partial charge in [0.1, 0.15) is 0 Å². The molecule has 2 aliphatic rings. The van der Waals surface area contributed by atoms with Gasteiger partial charge in [-0.2, -0.15) is 11.8 Å². The van der Waals surface area contributed by atoms with Crippen molar-refractivity contribution < 1.29 is 9.90 Å². The Balaban J connectivity index is 1.75. The molecule has 2 saturated carbocycles. The number of hydrogen-bond acceptors (Lipinski definition) is 2. The van der Waals surface area contributed by atoms with Crippen LogP contribution in [0.5, 0.6) is 0 Å². The maximum atomic E-state index is 11.0. The van der Waals surface area contributed by atoms with E-state index in [0.29, 0.717) is 5.25 Å². The fourth-order valence-electron chi connectivity index (χ4n) is 2.84. The maximum absolute atomic E-state index is 11.0. The van der Waals surface area contributed by atoms with Gasteiger partial charge in [0.05, 0.1) is 5.92 Å². The van der Waals surface area contributed by atoms with Crippen LogP contribution in [0.25, 0.3) is 0 Å². The van der Waals surface area contributed by atoms with Gasteiger partial charge in [-0.25, -0.2) is 0 Å². The molecule has 2 aliphatic carbocycles. The van der Waals surface area contributed by atoms with E-state index in [1.54, 1.807) is 0 Å². The highest BCUT2D eigenvalue weighted by Gasteiger charge is 2.33. The number of carbonyl (C=O) groups is 1. The lowest BCUT2D eigenvalue weighted by Crippen LogP contribution is -2.21. The third kappa shape index (κ3) is 2.90. The van der Waals surface area contributed by atoms with Crippen LogP contribution in [0.2, 0.25) is 0 Å². The van der Waals surface area contributed by atoms with Gasteiger partial charge in [0.25, 0.3) is 0 Å². The fourth-order valence-corrected chi connectivity index (χ4v) is 4.52. The zero-order valence-corrected chi connectivity index (χ0v) is 9.97. The summed E-state index contributed by atoms with van der Waals surface area (Å²) >= 11 is 1.94. The molecule has 0 spiro atoms. The number of rotatable bonds is 4. The number of thioether (sulfide) groups is 1. The molecule has 0 aromatic heterocycles. The van der Waals surface area contributed by atoms with E-state index in [-0.39, 0.29) is 5.92 Å². The summed E-state index contributed by atoms with van der Waals surface area (Å²) in [6.07, 6.45) is 8.65. The molecule has 0 aliphatic heterocycles. The Kier molecular flexibility index (Phi) is 3.95. The average molecular weight is 228 g/mol. The van der Waals surface area contributed by atoms with Crippen molar-refractivity contribution in [3.63, 3.8) is 0 Å². The largest absolute Gasteiger partial charge is 0.481 e. The number of carboxylic acids is 1. The molecule has 2 fully saturated rings. The molecule has 1 N–H and O–H groups in total. The van der Waals surface area contributed by atoms with Gasteiger partial charge < -0.3 is 5.11 Å². The quantitative estimate of drug-likeness (QED) is 0.803. The van der Waals surface area contributed by atoms with Crippen molar-refractivity contribution >= 4 is 17.7 Å². The van der Waals surface area contributed by atoms with E-state index in [1.807, 2.05) is 11.8 Å². The molecule has 0 saturated heterocycles. The van der Waals surface area contributed by atoms with Crippen molar-refractivity contribution in [1.29, 1.82) is 0 Å². The van der Waals surface area contributed by atoms with E-state index in [2.05, 4.69) is 0 Å². The van der Waals surface area contributed by atoms with Crippen LogP contribution in [-0.2, 0) is 4.79 Å². The first-order valence-electron chi connectivity index (χ1n) is 6.12. The van der Waals surface area contributed by atoms with Crippen LogP contribution in [-0.4, -0.2) is 22.1 Å². The van der Waals surface area contributed by atoms with E-state index >= 15 is 0 Å². The molecular formula is C12H20O2S. The highest BCUT2D eigenvalue weighted by Crippen LogP contribution is 2.38. The molecule has 0 amide bonds. The van der Waals surface area contributed by atoms with Crippen LogP contribution in [0, 0.1) is 11.8 Å². The van der Waals surface area contributed by atoms with Crippen molar-refractivity contribution in [1.82, 2.24) is 0 Å². The number of aliphatic carboxylic acids is 1. The van der Waals surface area contributed by atoms with Gasteiger partial charge in [-0.05, 0) is 37.4 Å². The lowest BCUT2D eigenvalue weighted by atomic mass is 10.1. The van der Waals surface area contributed by atoms with Crippen LogP contribution in [0.15, 0.2) is 0 Å². The third-order valence-corrected chi connectivity index (χ3v) is 5.45. The van der Waals surface area contributed by atoms with Gasteiger partial charge in [-0.3, -0.25) is 4.79 Å². The Hall–Kier alpha value is -0.180. The van der Waals surface area contributed by atoms with Crippen molar-refractivity contribution in [2.75, 3.05) is 5.75 Å². The van der Waals surface area contributed by atoms with Gasteiger partial charge in [0.15, 0.2) is 0 Å². The molecule has 0 heterocycles. The molecule has 15 heavy (non-hydrogen) atoms. The highest BCUT2D eigenvalue weighted by molar-refractivity contribution is 7.99. The van der Waals surface area contributed by atoms with E-state index in [9.17, 15) is 4.79 Å². The van der Waals surface area contributed by atoms with Gasteiger partial charge >= 0.3 is 5.97 Å². The average Bonchev–Trinajstić information content (AvgIpc) is 2.86. The lowest BCUT2D eigenvalue weighted by Gasteiger charge is -2.17. The number of hydrogen-bond donors (Lipinski definition) is 1. The van der Waals surface area contributed by atoms with E-state index in [0.717, 1.165) is 25.2 Å². The Morgan fingerprint density at radius 3 is 2.53 bits per heavy atom. The topological polar surface area (TPSA) is 37.3 Å². The lowest BCUT2D eigenvalue weighted by molar-refractivity contribution is -0.141. The van der Waals surface area contributed by atoms with Crippen LogP contribution in [0.3, 0.4) is 0 Å². The van der Waals surface area contributed by atoms with Gasteiger partial charge in [0.2, 0.25) is 0 Å². The van der Waals surface area contributed by atoms with Crippen LogP contribution >= 0.6 is 11.8 Å². The van der Waals surface area contributed by atoms with Gasteiger partial charge in [-0.15, -0.1) is 0 Å². The van der Waals surface area contributed by atoms with Crippen molar-refractivity contribution in [2.45, 2.75) is 50.2 Å². The molecule has 0 aromatic carbocycles. The van der Waals surface area contributed by atoms with Crippen LogP contribution < -0.4 is 0 Å². The third-order valence-electron chi connectivity index (χ3n) is 3.79. The Bertz CT molecular complexity index is 224. The molecule has 86 valence electrons. The predicted molar refractivity (Wildman–Crippen MR) is 63.2 cm³/mol. The fraction of sp³-hybridized carbons (Fsp3) is 0.917. The van der Waals surface area contributed by atoms with Crippen molar-refractivity contribution in [2.24, 2.45) is 11.8 Å². The smallest absolute Gasteiger partial charge is 0.307 e. The summed E-state index contributed by atoms with van der Waals surface area (Å²) in [6, 6.07) is 0. The van der Waals surface area contributed by atoms with Gasteiger partial charge in [0, 0.05) is 5.25 Å². The molecule has 2 nitrogen and oxygen atoms in total. The Morgan fingerprint density at radius 1 is 1.13 bits per heavy atom. The van der Waals surface area contributed by atoms with E-state index < -0.39 is 5.97 Å². The molecule has 0 radical (unpaired) electrons. The minimum atomic E-state index is -0.573. The monoisotopic (exact) mass is 228 g/mol. The molecule has 0 bridgehead atoms. The minimum absolute atomic E-state index is 0.0589. The first kappa shape index (κ1) is 11.3. The van der Waals surface area contributed by atoms with E-state index in [1.165, 1.54) is 31.4 Å². The molecule has 2 atom stereocenters. The maximum Gasteiger partial charge on any atom is 0.307 e. The summed E-state index contributed by atoms with van der Waals surface area (Å²) in [5, 5.41) is 9.47. The van der Waals surface area contributed by atoms with Crippen molar-refractivity contribution in [3.05, 3.63) is 0 Å². The second kappa shape index (κ2) is 5.24. The summed E-state index contributed by atoms with van der Waals surface area (Å²) < 4.78 is 0. The zero-order valence-electron chi connectivity index (χ0n) is 9.15. The molecule has 3 heteroatoms.